The van der Waals surface area contributed by atoms with E-state index in [1.54, 1.807) is 6.92 Å². The van der Waals surface area contributed by atoms with Gasteiger partial charge in [0.05, 0.1) is 0 Å². The summed E-state index contributed by atoms with van der Waals surface area (Å²) in [7, 11) is 0. The highest BCUT2D eigenvalue weighted by Gasteiger charge is 1.98. The van der Waals surface area contributed by atoms with E-state index in [4.69, 9.17) is 0 Å². The lowest BCUT2D eigenvalue weighted by Gasteiger charge is -2.01. The van der Waals surface area contributed by atoms with Crippen LogP contribution in [0.2, 0.25) is 0 Å². The Bertz CT molecular complexity index is 141. The van der Waals surface area contributed by atoms with Crippen LogP contribution in [0, 0.1) is 6.61 Å². The van der Waals surface area contributed by atoms with Gasteiger partial charge in [0.15, 0.2) is 6.61 Å². The van der Waals surface area contributed by atoms with Crippen LogP contribution in [-0.4, -0.2) is 18.5 Å². The minimum atomic E-state index is -0.395. The molecule has 0 atom stereocenters. The van der Waals surface area contributed by atoms with Crippen LogP contribution >= 0.6 is 0 Å². The molecular formula is C7H11O4. The van der Waals surface area contributed by atoms with Crippen molar-refractivity contribution in [1.29, 1.82) is 0 Å². The number of rotatable bonds is 4. The third-order valence-electron chi connectivity index (χ3n) is 0.858. The molecule has 0 aromatic heterocycles. The molecule has 4 nitrogen and oxygen atoms in total. The molecular weight excluding hydrogens is 148 g/mol. The number of carbonyl (C=O) groups excluding carboxylic acids is 2. The molecule has 0 unspecified atom stereocenters. The predicted molar refractivity (Wildman–Crippen MR) is 37.3 cm³/mol. The fraction of sp³-hybridized carbons (Fsp3) is 0.571. The predicted octanol–water partition coefficient (Wildman–Crippen LogP) is 0.664. The molecule has 0 amide bonds. The van der Waals surface area contributed by atoms with Crippen molar-refractivity contribution in [3.63, 3.8) is 0 Å². The molecule has 0 bridgehead atoms. The van der Waals surface area contributed by atoms with Crippen molar-refractivity contribution in [3.8, 4) is 0 Å². The normalized spacial score (nSPS) is 8.91. The van der Waals surface area contributed by atoms with Gasteiger partial charge in [-0.15, -0.1) is 0 Å². The molecule has 63 valence electrons. The van der Waals surface area contributed by atoms with E-state index in [-0.39, 0.29) is 12.6 Å². The van der Waals surface area contributed by atoms with Gasteiger partial charge in [0.25, 0.3) is 0 Å². The summed E-state index contributed by atoms with van der Waals surface area (Å²) < 4.78 is 8.97. The molecule has 0 saturated heterocycles. The number of hydrogen-bond acceptors (Lipinski definition) is 4. The summed E-state index contributed by atoms with van der Waals surface area (Å²) in [5, 5.41) is 0. The first-order chi connectivity index (χ1) is 5.16. The number of hydrogen-bond donors (Lipinski definition) is 0. The quantitative estimate of drug-likeness (QED) is 0.446. The summed E-state index contributed by atoms with van der Waals surface area (Å²) in [6.07, 6.45) is 0.316. The molecule has 11 heavy (non-hydrogen) atoms. The molecule has 0 aliphatic rings. The lowest BCUT2D eigenvalue weighted by molar-refractivity contribution is -0.146. The van der Waals surface area contributed by atoms with Crippen molar-refractivity contribution in [2.24, 2.45) is 0 Å². The van der Waals surface area contributed by atoms with Crippen molar-refractivity contribution in [2.75, 3.05) is 6.61 Å². The number of esters is 2. The molecule has 0 aliphatic heterocycles. The van der Waals surface area contributed by atoms with E-state index in [0.29, 0.717) is 6.42 Å². The van der Waals surface area contributed by atoms with E-state index in [9.17, 15) is 9.59 Å². The Labute approximate surface area is 65.5 Å². The fourth-order valence-corrected chi connectivity index (χ4v) is 0.362. The van der Waals surface area contributed by atoms with Crippen LogP contribution in [0.25, 0.3) is 0 Å². The molecule has 0 N–H and O–H groups in total. The second-order valence-electron chi connectivity index (χ2n) is 1.81. The van der Waals surface area contributed by atoms with E-state index >= 15 is 0 Å². The second-order valence-corrected chi connectivity index (χ2v) is 1.81. The SMILES string of the molecule is CCC(=O)O[CH]COC(C)=O. The smallest absolute Gasteiger partial charge is 0.306 e. The van der Waals surface area contributed by atoms with Crippen LogP contribution in [0.15, 0.2) is 0 Å². The third kappa shape index (κ3) is 6.83. The van der Waals surface area contributed by atoms with E-state index in [2.05, 4.69) is 9.47 Å². The molecule has 0 heterocycles. The zero-order valence-electron chi connectivity index (χ0n) is 6.62. The van der Waals surface area contributed by atoms with Crippen LogP contribution < -0.4 is 0 Å². The van der Waals surface area contributed by atoms with Crippen LogP contribution in [0.3, 0.4) is 0 Å². The Morgan fingerprint density at radius 1 is 1.45 bits per heavy atom. The third-order valence-corrected chi connectivity index (χ3v) is 0.858. The highest BCUT2D eigenvalue weighted by Crippen LogP contribution is 1.89. The summed E-state index contributed by atoms with van der Waals surface area (Å²) in [4.78, 5) is 20.6. The lowest BCUT2D eigenvalue weighted by Crippen LogP contribution is -2.06. The van der Waals surface area contributed by atoms with Crippen molar-refractivity contribution in [3.05, 3.63) is 6.61 Å². The zero-order chi connectivity index (χ0) is 8.69. The van der Waals surface area contributed by atoms with Crippen molar-refractivity contribution < 1.29 is 19.1 Å². The maximum Gasteiger partial charge on any atom is 0.306 e. The van der Waals surface area contributed by atoms with Crippen molar-refractivity contribution in [1.82, 2.24) is 0 Å². The average Bonchev–Trinajstić information content (AvgIpc) is 1.97. The first-order valence-corrected chi connectivity index (χ1v) is 3.31. The molecule has 0 aromatic rings. The Hall–Kier alpha value is -1.06. The standard InChI is InChI=1S/C7H11O4/c1-3-7(9)11-5-4-10-6(2)8/h5H,3-4H2,1-2H3. The lowest BCUT2D eigenvalue weighted by atomic mass is 10.5. The van der Waals surface area contributed by atoms with Gasteiger partial charge in [-0.2, -0.15) is 0 Å². The molecule has 4 heteroatoms. The van der Waals surface area contributed by atoms with Gasteiger partial charge in [0.2, 0.25) is 0 Å². The van der Waals surface area contributed by atoms with E-state index in [1.165, 1.54) is 6.92 Å². The maximum absolute atomic E-state index is 10.5. The summed E-state index contributed by atoms with van der Waals surface area (Å²) in [6, 6.07) is 0. The Balaban J connectivity index is 3.14. The monoisotopic (exact) mass is 159 g/mol. The van der Waals surface area contributed by atoms with Gasteiger partial charge in [-0.3, -0.25) is 9.59 Å². The van der Waals surface area contributed by atoms with Gasteiger partial charge in [-0.05, 0) is 0 Å². The highest BCUT2D eigenvalue weighted by molar-refractivity contribution is 5.69. The Morgan fingerprint density at radius 2 is 2.09 bits per heavy atom. The molecule has 0 aromatic carbocycles. The molecule has 1 radical (unpaired) electrons. The van der Waals surface area contributed by atoms with Gasteiger partial charge in [-0.25, -0.2) is 0 Å². The molecule has 0 saturated carbocycles. The van der Waals surface area contributed by atoms with Crippen molar-refractivity contribution >= 4 is 11.9 Å². The zero-order valence-corrected chi connectivity index (χ0v) is 6.62. The molecule has 0 fully saturated rings. The van der Waals surface area contributed by atoms with Gasteiger partial charge < -0.3 is 9.47 Å². The minimum absolute atomic E-state index is 0.0150. The first kappa shape index (κ1) is 9.94. The van der Waals surface area contributed by atoms with Gasteiger partial charge in [-0.1, -0.05) is 6.92 Å². The van der Waals surface area contributed by atoms with E-state index in [1.807, 2.05) is 0 Å². The van der Waals surface area contributed by atoms with Gasteiger partial charge in [0.1, 0.15) is 6.61 Å². The molecule has 0 rings (SSSR count). The van der Waals surface area contributed by atoms with E-state index in [0.717, 1.165) is 6.61 Å². The van der Waals surface area contributed by atoms with Crippen molar-refractivity contribution in [2.45, 2.75) is 20.3 Å². The van der Waals surface area contributed by atoms with Crippen LogP contribution in [0.5, 0.6) is 0 Å². The van der Waals surface area contributed by atoms with Gasteiger partial charge >= 0.3 is 11.9 Å². The highest BCUT2D eigenvalue weighted by atomic mass is 16.6. The first-order valence-electron chi connectivity index (χ1n) is 3.31. The largest absolute Gasteiger partial charge is 0.462 e. The summed E-state index contributed by atoms with van der Waals surface area (Å²) in [5.41, 5.74) is 0. The average molecular weight is 159 g/mol. The van der Waals surface area contributed by atoms with Crippen LogP contribution in [-0.2, 0) is 19.1 Å². The number of carbonyl (C=O) groups is 2. The van der Waals surface area contributed by atoms with Crippen LogP contribution in [0.1, 0.15) is 20.3 Å². The maximum atomic E-state index is 10.5. The summed E-state index contributed by atoms with van der Waals surface area (Å²) >= 11 is 0. The summed E-state index contributed by atoms with van der Waals surface area (Å²) in [5.74, 6) is -0.731. The Kier molecular flexibility index (Phi) is 5.15. The van der Waals surface area contributed by atoms with Crippen LogP contribution in [0.4, 0.5) is 0 Å². The van der Waals surface area contributed by atoms with Gasteiger partial charge in [0, 0.05) is 13.3 Å². The minimum Gasteiger partial charge on any atom is -0.462 e. The summed E-state index contributed by atoms with van der Waals surface area (Å²) in [6.45, 7) is 4.14. The molecule has 0 aliphatic carbocycles. The topological polar surface area (TPSA) is 52.6 Å². The second kappa shape index (κ2) is 5.70. The number of ether oxygens (including phenoxy) is 2. The molecule has 0 spiro atoms. The Morgan fingerprint density at radius 3 is 2.55 bits per heavy atom. The fourth-order valence-electron chi connectivity index (χ4n) is 0.362. The van der Waals surface area contributed by atoms with E-state index < -0.39 is 5.97 Å².